The van der Waals surface area contributed by atoms with Gasteiger partial charge in [-0.15, -0.1) is 0 Å². The highest BCUT2D eigenvalue weighted by molar-refractivity contribution is 9.11. The van der Waals surface area contributed by atoms with Crippen LogP contribution in [0.3, 0.4) is 0 Å². The number of carbonyl (C=O) groups excluding carboxylic acids is 1. The molecule has 7 heteroatoms. The Hall–Kier alpha value is -0.750. The van der Waals surface area contributed by atoms with Crippen LogP contribution in [0.15, 0.2) is 39.3 Å². The quantitative estimate of drug-likeness (QED) is 0.639. The van der Waals surface area contributed by atoms with Crippen LogP contribution in [-0.2, 0) is 0 Å². The summed E-state index contributed by atoms with van der Waals surface area (Å²) in [4.78, 5) is 12.4. The van der Waals surface area contributed by atoms with Crippen molar-refractivity contribution in [2.75, 3.05) is 12.4 Å². The normalized spacial score (nSPS) is 10.3. The Morgan fingerprint density at radius 3 is 2.52 bits per heavy atom. The monoisotopic (exact) mass is 451 g/mol. The van der Waals surface area contributed by atoms with Gasteiger partial charge in [0.15, 0.2) is 0 Å². The van der Waals surface area contributed by atoms with Crippen LogP contribution in [0.4, 0.5) is 5.69 Å². The van der Waals surface area contributed by atoms with E-state index in [1.54, 1.807) is 30.3 Å². The predicted molar refractivity (Wildman–Crippen MR) is 92.8 cm³/mol. The molecule has 0 radical (unpaired) electrons. The molecule has 0 aliphatic rings. The first kappa shape index (κ1) is 16.6. The molecule has 0 saturated heterocycles. The largest absolute Gasteiger partial charge is 0.495 e. The second-order valence-corrected chi connectivity index (χ2v) is 6.66. The SMILES string of the molecule is COc1c(Br)cc(Br)cc1C(=O)Nc1ccc(Cl)cc1Cl. The number of carbonyl (C=O) groups is 1. The van der Waals surface area contributed by atoms with Crippen LogP contribution in [-0.4, -0.2) is 13.0 Å². The molecule has 1 amide bonds. The Morgan fingerprint density at radius 1 is 1.19 bits per heavy atom. The highest BCUT2D eigenvalue weighted by atomic mass is 79.9. The van der Waals surface area contributed by atoms with Crippen molar-refractivity contribution in [1.82, 2.24) is 0 Å². The Kier molecular flexibility index (Phi) is 5.54. The number of nitrogens with one attached hydrogen (secondary N) is 1. The summed E-state index contributed by atoms with van der Waals surface area (Å²) >= 11 is 18.6. The molecular formula is C14H9Br2Cl2NO2. The number of rotatable bonds is 3. The fourth-order valence-electron chi connectivity index (χ4n) is 1.72. The summed E-state index contributed by atoms with van der Waals surface area (Å²) in [5, 5.41) is 3.60. The van der Waals surface area contributed by atoms with Crippen molar-refractivity contribution in [1.29, 1.82) is 0 Å². The van der Waals surface area contributed by atoms with Gasteiger partial charge in [0, 0.05) is 9.50 Å². The number of ether oxygens (including phenoxy) is 1. The van der Waals surface area contributed by atoms with Crippen molar-refractivity contribution in [3.05, 3.63) is 54.9 Å². The van der Waals surface area contributed by atoms with E-state index >= 15 is 0 Å². The van der Waals surface area contributed by atoms with Crippen LogP contribution >= 0.6 is 55.1 Å². The van der Waals surface area contributed by atoms with Crippen molar-refractivity contribution < 1.29 is 9.53 Å². The Balaban J connectivity index is 2.36. The van der Waals surface area contributed by atoms with Gasteiger partial charge < -0.3 is 10.1 Å². The van der Waals surface area contributed by atoms with Crippen LogP contribution in [0.2, 0.25) is 10.0 Å². The van der Waals surface area contributed by atoms with E-state index in [2.05, 4.69) is 37.2 Å². The first-order valence-electron chi connectivity index (χ1n) is 5.72. The molecule has 0 aliphatic carbocycles. The van der Waals surface area contributed by atoms with Crippen molar-refractivity contribution in [3.8, 4) is 5.75 Å². The summed E-state index contributed by atoms with van der Waals surface area (Å²) in [5.41, 5.74) is 0.856. The zero-order chi connectivity index (χ0) is 15.6. The van der Waals surface area contributed by atoms with E-state index in [4.69, 9.17) is 27.9 Å². The van der Waals surface area contributed by atoms with E-state index in [0.717, 1.165) is 4.47 Å². The first-order chi connectivity index (χ1) is 9.92. The number of anilines is 1. The third-order valence-electron chi connectivity index (χ3n) is 2.64. The Morgan fingerprint density at radius 2 is 1.90 bits per heavy atom. The third kappa shape index (κ3) is 3.92. The molecule has 0 atom stereocenters. The number of benzene rings is 2. The van der Waals surface area contributed by atoms with E-state index in [-0.39, 0.29) is 5.91 Å². The Bertz CT molecular complexity index is 708. The summed E-state index contributed by atoms with van der Waals surface area (Å²) in [6.45, 7) is 0. The number of amides is 1. The number of methoxy groups -OCH3 is 1. The van der Waals surface area contributed by atoms with Crippen LogP contribution in [0, 0.1) is 0 Å². The molecule has 2 rings (SSSR count). The molecule has 110 valence electrons. The van der Waals surface area contributed by atoms with Crippen molar-refractivity contribution in [3.63, 3.8) is 0 Å². The zero-order valence-electron chi connectivity index (χ0n) is 10.7. The summed E-state index contributed by atoms with van der Waals surface area (Å²) in [6.07, 6.45) is 0. The fraction of sp³-hybridized carbons (Fsp3) is 0.0714. The van der Waals surface area contributed by atoms with Gasteiger partial charge in [0.25, 0.3) is 5.91 Å². The van der Waals surface area contributed by atoms with Gasteiger partial charge in [-0.2, -0.15) is 0 Å². The highest BCUT2D eigenvalue weighted by Crippen LogP contribution is 2.34. The number of hydrogen-bond donors (Lipinski definition) is 1. The smallest absolute Gasteiger partial charge is 0.259 e. The molecule has 0 unspecified atom stereocenters. The maximum Gasteiger partial charge on any atom is 0.259 e. The van der Waals surface area contributed by atoms with Crippen LogP contribution < -0.4 is 10.1 Å². The average molecular weight is 454 g/mol. The molecule has 0 fully saturated rings. The molecule has 0 aromatic heterocycles. The summed E-state index contributed by atoms with van der Waals surface area (Å²) < 4.78 is 6.68. The molecule has 2 aromatic rings. The fourth-order valence-corrected chi connectivity index (χ4v) is 3.56. The van der Waals surface area contributed by atoms with E-state index in [1.807, 2.05) is 0 Å². The lowest BCUT2D eigenvalue weighted by Crippen LogP contribution is -2.13. The molecule has 0 heterocycles. The lowest BCUT2D eigenvalue weighted by molar-refractivity contribution is 0.102. The summed E-state index contributed by atoms with van der Waals surface area (Å²) in [7, 11) is 1.50. The van der Waals surface area contributed by atoms with E-state index in [1.165, 1.54) is 7.11 Å². The maximum atomic E-state index is 12.4. The Labute approximate surface area is 148 Å². The molecule has 1 N–H and O–H groups in total. The zero-order valence-corrected chi connectivity index (χ0v) is 15.4. The highest BCUT2D eigenvalue weighted by Gasteiger charge is 2.17. The summed E-state index contributed by atoms with van der Waals surface area (Å²) in [5.74, 6) is 0.110. The second-order valence-electron chi connectivity index (χ2n) is 4.05. The van der Waals surface area contributed by atoms with Crippen molar-refractivity contribution >= 4 is 66.7 Å². The molecule has 3 nitrogen and oxygen atoms in total. The van der Waals surface area contributed by atoms with Crippen LogP contribution in [0.1, 0.15) is 10.4 Å². The minimum absolute atomic E-state index is 0.335. The van der Waals surface area contributed by atoms with Gasteiger partial charge in [0.1, 0.15) is 5.75 Å². The van der Waals surface area contributed by atoms with Gasteiger partial charge >= 0.3 is 0 Å². The molecule has 0 bridgehead atoms. The van der Waals surface area contributed by atoms with Gasteiger partial charge in [-0.25, -0.2) is 0 Å². The molecule has 21 heavy (non-hydrogen) atoms. The van der Waals surface area contributed by atoms with Crippen molar-refractivity contribution in [2.45, 2.75) is 0 Å². The molecule has 0 aliphatic heterocycles. The van der Waals surface area contributed by atoms with Gasteiger partial charge in [-0.3, -0.25) is 4.79 Å². The van der Waals surface area contributed by atoms with Gasteiger partial charge in [-0.05, 0) is 46.3 Å². The standard InChI is InChI=1S/C14H9Br2Cl2NO2/c1-21-13-9(4-7(15)5-10(13)16)14(20)19-12-3-2-8(17)6-11(12)18/h2-6H,1H3,(H,19,20). The maximum absolute atomic E-state index is 12.4. The summed E-state index contributed by atoms with van der Waals surface area (Å²) in [6, 6.07) is 8.32. The molecule has 2 aromatic carbocycles. The number of halogens is 4. The third-order valence-corrected chi connectivity index (χ3v) is 4.23. The minimum atomic E-state index is -0.335. The average Bonchev–Trinajstić information content (AvgIpc) is 2.41. The second kappa shape index (κ2) is 7.01. The van der Waals surface area contributed by atoms with E-state index in [9.17, 15) is 4.79 Å². The lowest BCUT2D eigenvalue weighted by Gasteiger charge is -2.12. The topological polar surface area (TPSA) is 38.3 Å². The van der Waals surface area contributed by atoms with E-state index < -0.39 is 0 Å². The van der Waals surface area contributed by atoms with Gasteiger partial charge in [0.2, 0.25) is 0 Å². The van der Waals surface area contributed by atoms with Gasteiger partial charge in [-0.1, -0.05) is 39.1 Å². The first-order valence-corrected chi connectivity index (χ1v) is 8.06. The molecule has 0 spiro atoms. The van der Waals surface area contributed by atoms with Crippen molar-refractivity contribution in [2.24, 2.45) is 0 Å². The van der Waals surface area contributed by atoms with E-state index in [0.29, 0.717) is 31.5 Å². The van der Waals surface area contributed by atoms with Crippen LogP contribution in [0.5, 0.6) is 5.75 Å². The lowest BCUT2D eigenvalue weighted by atomic mass is 10.2. The number of hydrogen-bond acceptors (Lipinski definition) is 2. The minimum Gasteiger partial charge on any atom is -0.495 e. The molecule has 0 saturated carbocycles. The van der Waals surface area contributed by atoms with Crippen LogP contribution in [0.25, 0.3) is 0 Å². The molecular weight excluding hydrogens is 445 g/mol. The predicted octanol–water partition coefficient (Wildman–Crippen LogP) is 5.78. The van der Waals surface area contributed by atoms with Gasteiger partial charge in [0.05, 0.1) is 27.9 Å².